The molecule has 2 aromatic rings. The Labute approximate surface area is 146 Å². The molecule has 1 N–H and O–H groups in total. The number of anilines is 2. The van der Waals surface area contributed by atoms with Crippen molar-refractivity contribution in [1.29, 1.82) is 5.26 Å². The summed E-state index contributed by atoms with van der Waals surface area (Å²) in [6.07, 6.45) is 2.49. The van der Waals surface area contributed by atoms with Crippen LogP contribution in [0.3, 0.4) is 0 Å². The Bertz CT molecular complexity index is 867. The Balaban J connectivity index is 1.83. The summed E-state index contributed by atoms with van der Waals surface area (Å²) in [7, 11) is 0. The van der Waals surface area contributed by atoms with Crippen molar-refractivity contribution in [2.75, 3.05) is 16.8 Å². The van der Waals surface area contributed by atoms with Gasteiger partial charge in [-0.3, -0.25) is 9.59 Å². The molecular formula is C20H19N3O2. The van der Waals surface area contributed by atoms with Crippen LogP contribution < -0.4 is 10.2 Å². The van der Waals surface area contributed by atoms with Crippen LogP contribution >= 0.6 is 0 Å². The third-order valence-electron chi connectivity index (χ3n) is 4.34. The van der Waals surface area contributed by atoms with Gasteiger partial charge >= 0.3 is 0 Å². The fourth-order valence-corrected chi connectivity index (χ4v) is 2.97. The summed E-state index contributed by atoms with van der Waals surface area (Å²) in [4.78, 5) is 26.4. The lowest BCUT2D eigenvalue weighted by Gasteiger charge is -2.28. The zero-order valence-electron chi connectivity index (χ0n) is 14.1. The number of piperidine rings is 1. The predicted molar refractivity (Wildman–Crippen MR) is 96.5 cm³/mol. The lowest BCUT2D eigenvalue weighted by Crippen LogP contribution is -2.35. The zero-order chi connectivity index (χ0) is 17.8. The van der Waals surface area contributed by atoms with E-state index in [9.17, 15) is 9.59 Å². The maximum Gasteiger partial charge on any atom is 0.255 e. The van der Waals surface area contributed by atoms with Gasteiger partial charge in [0.05, 0.1) is 11.6 Å². The molecule has 0 saturated carbocycles. The number of hydrogen-bond acceptors (Lipinski definition) is 3. The van der Waals surface area contributed by atoms with E-state index in [1.54, 1.807) is 29.2 Å². The minimum absolute atomic E-state index is 0.125. The number of amides is 2. The van der Waals surface area contributed by atoms with Crippen LogP contribution in [0.15, 0.2) is 42.5 Å². The van der Waals surface area contributed by atoms with Crippen LogP contribution in [0.25, 0.3) is 0 Å². The fraction of sp³-hybridized carbons (Fsp3) is 0.250. The lowest BCUT2D eigenvalue weighted by molar-refractivity contribution is -0.119. The molecule has 126 valence electrons. The van der Waals surface area contributed by atoms with Gasteiger partial charge in [-0.15, -0.1) is 0 Å². The Hall–Kier alpha value is -3.13. The standard InChI is InChI=1S/C20H19N3O2/c1-14-8-9-17(12-18(14)23-10-3-2-7-19(23)24)22-20(25)16-6-4-5-15(11-16)13-21/h4-6,8-9,11-12H,2-3,7,10H2,1H3,(H,22,25). The molecule has 2 amide bonds. The van der Waals surface area contributed by atoms with E-state index in [-0.39, 0.29) is 11.8 Å². The largest absolute Gasteiger partial charge is 0.322 e. The molecule has 1 saturated heterocycles. The smallest absolute Gasteiger partial charge is 0.255 e. The lowest BCUT2D eigenvalue weighted by atomic mass is 10.1. The van der Waals surface area contributed by atoms with Crippen LogP contribution in [-0.4, -0.2) is 18.4 Å². The first-order chi connectivity index (χ1) is 12.1. The second-order valence-electron chi connectivity index (χ2n) is 6.15. The predicted octanol–water partition coefficient (Wildman–Crippen LogP) is 3.64. The van der Waals surface area contributed by atoms with Gasteiger partial charge in [0.2, 0.25) is 5.91 Å². The Morgan fingerprint density at radius 2 is 2.04 bits per heavy atom. The third-order valence-corrected chi connectivity index (χ3v) is 4.34. The van der Waals surface area contributed by atoms with Gasteiger partial charge in [0, 0.05) is 29.9 Å². The van der Waals surface area contributed by atoms with Crippen molar-refractivity contribution in [2.24, 2.45) is 0 Å². The quantitative estimate of drug-likeness (QED) is 0.932. The summed E-state index contributed by atoms with van der Waals surface area (Å²) >= 11 is 0. The Morgan fingerprint density at radius 1 is 1.20 bits per heavy atom. The number of carbonyl (C=O) groups is 2. The molecule has 2 aromatic carbocycles. The van der Waals surface area contributed by atoms with E-state index in [4.69, 9.17) is 5.26 Å². The molecule has 1 aliphatic rings. The monoisotopic (exact) mass is 333 g/mol. The summed E-state index contributed by atoms with van der Waals surface area (Å²) in [6, 6.07) is 14.1. The molecule has 0 spiro atoms. The number of nitrogens with zero attached hydrogens (tertiary/aromatic N) is 2. The molecule has 3 rings (SSSR count). The number of benzene rings is 2. The molecule has 5 heteroatoms. The second-order valence-corrected chi connectivity index (χ2v) is 6.15. The Kier molecular flexibility index (Phi) is 4.80. The molecule has 5 nitrogen and oxygen atoms in total. The summed E-state index contributed by atoms with van der Waals surface area (Å²) in [5.41, 5.74) is 3.34. The zero-order valence-corrected chi connectivity index (χ0v) is 14.1. The SMILES string of the molecule is Cc1ccc(NC(=O)c2cccc(C#N)c2)cc1N1CCCCC1=O. The van der Waals surface area contributed by atoms with Gasteiger partial charge in [-0.2, -0.15) is 5.26 Å². The highest BCUT2D eigenvalue weighted by Crippen LogP contribution is 2.28. The van der Waals surface area contributed by atoms with Crippen LogP contribution in [0.1, 0.15) is 40.7 Å². The van der Waals surface area contributed by atoms with Crippen LogP contribution in [0, 0.1) is 18.3 Å². The number of nitriles is 1. The van der Waals surface area contributed by atoms with Gasteiger partial charge in [0.1, 0.15) is 0 Å². The first-order valence-electron chi connectivity index (χ1n) is 8.31. The van der Waals surface area contributed by atoms with E-state index < -0.39 is 0 Å². The number of carbonyl (C=O) groups excluding carboxylic acids is 2. The summed E-state index contributed by atoms with van der Waals surface area (Å²) in [6.45, 7) is 2.67. The van der Waals surface area contributed by atoms with Crippen molar-refractivity contribution in [3.63, 3.8) is 0 Å². The van der Waals surface area contributed by atoms with Gasteiger partial charge < -0.3 is 10.2 Å². The number of aryl methyl sites for hydroxylation is 1. The van der Waals surface area contributed by atoms with E-state index in [1.165, 1.54) is 0 Å². The summed E-state index contributed by atoms with van der Waals surface area (Å²) in [5.74, 6) is -0.156. The van der Waals surface area contributed by atoms with Gasteiger partial charge in [0.25, 0.3) is 5.91 Å². The molecule has 25 heavy (non-hydrogen) atoms. The van der Waals surface area contributed by atoms with E-state index in [0.717, 1.165) is 24.1 Å². The molecule has 0 aromatic heterocycles. The number of hydrogen-bond donors (Lipinski definition) is 1. The van der Waals surface area contributed by atoms with Crippen molar-refractivity contribution >= 4 is 23.2 Å². The first kappa shape index (κ1) is 16.7. The molecule has 1 heterocycles. The van der Waals surface area contributed by atoms with Crippen molar-refractivity contribution in [3.05, 3.63) is 59.2 Å². The van der Waals surface area contributed by atoms with E-state index in [0.29, 0.717) is 29.8 Å². The third kappa shape index (κ3) is 3.69. The second kappa shape index (κ2) is 7.18. The molecule has 0 unspecified atom stereocenters. The highest BCUT2D eigenvalue weighted by atomic mass is 16.2. The number of rotatable bonds is 3. The molecular weight excluding hydrogens is 314 g/mol. The molecule has 0 radical (unpaired) electrons. The molecule has 1 aliphatic heterocycles. The van der Waals surface area contributed by atoms with Gasteiger partial charge in [-0.25, -0.2) is 0 Å². The first-order valence-corrected chi connectivity index (χ1v) is 8.31. The van der Waals surface area contributed by atoms with E-state index in [2.05, 4.69) is 5.32 Å². The summed E-state index contributed by atoms with van der Waals surface area (Å²) < 4.78 is 0. The molecule has 0 aliphatic carbocycles. The van der Waals surface area contributed by atoms with E-state index in [1.807, 2.05) is 31.2 Å². The van der Waals surface area contributed by atoms with Crippen molar-refractivity contribution in [1.82, 2.24) is 0 Å². The van der Waals surface area contributed by atoms with Crippen LogP contribution in [0.4, 0.5) is 11.4 Å². The number of nitrogens with one attached hydrogen (secondary N) is 1. The average Bonchev–Trinajstić information content (AvgIpc) is 2.64. The minimum atomic E-state index is -0.281. The maximum absolute atomic E-state index is 12.4. The normalized spacial score (nSPS) is 14.1. The van der Waals surface area contributed by atoms with Crippen LogP contribution in [0.5, 0.6) is 0 Å². The van der Waals surface area contributed by atoms with Gasteiger partial charge in [-0.05, 0) is 55.7 Å². The van der Waals surface area contributed by atoms with Gasteiger partial charge in [-0.1, -0.05) is 12.1 Å². The topological polar surface area (TPSA) is 73.2 Å². The van der Waals surface area contributed by atoms with Crippen LogP contribution in [0.2, 0.25) is 0 Å². The highest BCUT2D eigenvalue weighted by molar-refractivity contribution is 6.05. The summed E-state index contributed by atoms with van der Waals surface area (Å²) in [5, 5.41) is 11.8. The average molecular weight is 333 g/mol. The van der Waals surface area contributed by atoms with Crippen molar-refractivity contribution in [2.45, 2.75) is 26.2 Å². The van der Waals surface area contributed by atoms with Crippen molar-refractivity contribution in [3.8, 4) is 6.07 Å². The maximum atomic E-state index is 12.4. The van der Waals surface area contributed by atoms with Crippen LogP contribution in [-0.2, 0) is 4.79 Å². The fourth-order valence-electron chi connectivity index (χ4n) is 2.97. The van der Waals surface area contributed by atoms with Crippen molar-refractivity contribution < 1.29 is 9.59 Å². The minimum Gasteiger partial charge on any atom is -0.322 e. The van der Waals surface area contributed by atoms with E-state index >= 15 is 0 Å². The molecule has 0 bridgehead atoms. The van der Waals surface area contributed by atoms with Gasteiger partial charge in [0.15, 0.2) is 0 Å². The Morgan fingerprint density at radius 3 is 2.80 bits per heavy atom. The molecule has 0 atom stereocenters. The highest BCUT2D eigenvalue weighted by Gasteiger charge is 2.21. The molecule has 1 fully saturated rings.